The van der Waals surface area contributed by atoms with Crippen molar-refractivity contribution < 1.29 is 9.53 Å². The zero-order valence-corrected chi connectivity index (χ0v) is 11.0. The number of carbonyl (C=O) groups is 1. The summed E-state index contributed by atoms with van der Waals surface area (Å²) in [7, 11) is 0. The largest absolute Gasteiger partial charge is 0.444 e. The van der Waals surface area contributed by atoms with Gasteiger partial charge in [-0.25, -0.2) is 9.10 Å². The Morgan fingerprint density at radius 1 is 1.38 bits per heavy atom. The maximum Gasteiger partial charge on any atom is 0.410 e. The molecule has 16 heavy (non-hydrogen) atoms. The van der Waals surface area contributed by atoms with E-state index in [0.29, 0.717) is 6.04 Å². The summed E-state index contributed by atoms with van der Waals surface area (Å²) in [5, 5.41) is 0. The number of nitrogens with zero attached hydrogens (tertiary/aromatic N) is 2. The predicted molar refractivity (Wildman–Crippen MR) is 65.4 cm³/mol. The second-order valence-corrected chi connectivity index (χ2v) is 6.48. The second kappa shape index (κ2) is 4.45. The van der Waals surface area contributed by atoms with Crippen molar-refractivity contribution in [2.75, 3.05) is 25.4 Å². The van der Waals surface area contributed by atoms with Gasteiger partial charge < -0.3 is 9.64 Å². The highest BCUT2D eigenvalue weighted by Gasteiger charge is 2.34. The minimum atomic E-state index is -0.390. The molecule has 5 heteroatoms. The average molecular weight is 244 g/mol. The van der Waals surface area contributed by atoms with Gasteiger partial charge >= 0.3 is 6.09 Å². The zero-order valence-electron chi connectivity index (χ0n) is 10.2. The van der Waals surface area contributed by atoms with E-state index < -0.39 is 5.60 Å². The summed E-state index contributed by atoms with van der Waals surface area (Å²) < 4.78 is 7.79. The van der Waals surface area contributed by atoms with Crippen LogP contribution >= 0.6 is 11.9 Å². The van der Waals surface area contributed by atoms with E-state index in [1.807, 2.05) is 37.6 Å². The third kappa shape index (κ3) is 2.83. The van der Waals surface area contributed by atoms with Gasteiger partial charge in [-0.15, -0.1) is 0 Å². The van der Waals surface area contributed by atoms with Crippen LogP contribution in [0.25, 0.3) is 0 Å². The predicted octanol–water partition coefficient (Wildman–Crippen LogP) is 1.96. The molecule has 0 aromatic heterocycles. The van der Waals surface area contributed by atoms with Crippen LogP contribution < -0.4 is 0 Å². The van der Waals surface area contributed by atoms with Gasteiger partial charge in [0.15, 0.2) is 0 Å². The monoisotopic (exact) mass is 244 g/mol. The molecule has 4 nitrogen and oxygen atoms in total. The van der Waals surface area contributed by atoms with Crippen molar-refractivity contribution >= 4 is 18.0 Å². The smallest absolute Gasteiger partial charge is 0.410 e. The van der Waals surface area contributed by atoms with Gasteiger partial charge in [-0.05, 0) is 27.2 Å². The summed E-state index contributed by atoms with van der Waals surface area (Å²) in [6, 6.07) is 0.534. The first-order chi connectivity index (χ1) is 7.46. The molecule has 0 saturated carbocycles. The minimum Gasteiger partial charge on any atom is -0.444 e. The maximum absolute atomic E-state index is 11.9. The molecular formula is C11H20N2O2S. The van der Waals surface area contributed by atoms with E-state index in [1.165, 1.54) is 12.2 Å². The van der Waals surface area contributed by atoms with Crippen molar-refractivity contribution in [2.45, 2.75) is 38.8 Å². The van der Waals surface area contributed by atoms with Crippen LogP contribution in [0.4, 0.5) is 4.79 Å². The Morgan fingerprint density at radius 3 is 2.81 bits per heavy atom. The van der Waals surface area contributed by atoms with Crippen LogP contribution in [0.1, 0.15) is 27.2 Å². The lowest BCUT2D eigenvalue weighted by Gasteiger charge is -2.37. The van der Waals surface area contributed by atoms with Crippen LogP contribution in [-0.2, 0) is 4.74 Å². The standard InChI is InChI=1S/C11H20N2O2S/c1-11(2,3)15-10(14)12-5-6-13-9(8-12)4-7-16-13/h9H,4-8H2,1-3H3/t9-/m0/s1. The van der Waals surface area contributed by atoms with Gasteiger partial charge in [-0.1, -0.05) is 11.9 Å². The molecule has 0 bridgehead atoms. The van der Waals surface area contributed by atoms with E-state index in [9.17, 15) is 4.79 Å². The summed E-state index contributed by atoms with van der Waals surface area (Å²) in [5.41, 5.74) is -0.390. The van der Waals surface area contributed by atoms with Crippen LogP contribution in [0.3, 0.4) is 0 Å². The Balaban J connectivity index is 1.89. The lowest BCUT2D eigenvalue weighted by Crippen LogP contribution is -2.51. The topological polar surface area (TPSA) is 32.8 Å². The molecule has 0 N–H and O–H groups in total. The maximum atomic E-state index is 11.9. The average Bonchev–Trinajstić information content (AvgIpc) is 2.61. The SMILES string of the molecule is CC(C)(C)OC(=O)N1CCN2SCC[C@H]2C1. The van der Waals surface area contributed by atoms with Crippen molar-refractivity contribution in [2.24, 2.45) is 0 Å². The number of piperazine rings is 1. The molecule has 0 radical (unpaired) electrons. The van der Waals surface area contributed by atoms with E-state index in [2.05, 4.69) is 4.31 Å². The summed E-state index contributed by atoms with van der Waals surface area (Å²) in [6.45, 7) is 8.31. The van der Waals surface area contributed by atoms with Crippen LogP contribution in [0.2, 0.25) is 0 Å². The number of carbonyl (C=O) groups excluding carboxylic acids is 1. The normalized spacial score (nSPS) is 26.7. The zero-order chi connectivity index (χ0) is 11.8. The Hall–Kier alpha value is -0.420. The van der Waals surface area contributed by atoms with E-state index in [1.54, 1.807) is 0 Å². The summed E-state index contributed by atoms with van der Waals surface area (Å²) in [6.07, 6.45) is 1.02. The Kier molecular flexibility index (Phi) is 3.35. The fraction of sp³-hybridized carbons (Fsp3) is 0.909. The Labute approximate surface area is 101 Å². The first kappa shape index (κ1) is 12.0. The van der Waals surface area contributed by atoms with E-state index in [4.69, 9.17) is 4.74 Å². The van der Waals surface area contributed by atoms with Gasteiger partial charge in [0, 0.05) is 31.4 Å². The van der Waals surface area contributed by atoms with Crippen molar-refractivity contribution in [3.8, 4) is 0 Å². The quantitative estimate of drug-likeness (QED) is 0.610. The van der Waals surface area contributed by atoms with Gasteiger partial charge in [0.25, 0.3) is 0 Å². The van der Waals surface area contributed by atoms with Gasteiger partial charge in [0.2, 0.25) is 0 Å². The van der Waals surface area contributed by atoms with Crippen molar-refractivity contribution in [3.05, 3.63) is 0 Å². The van der Waals surface area contributed by atoms with Crippen molar-refractivity contribution in [1.29, 1.82) is 0 Å². The van der Waals surface area contributed by atoms with E-state index >= 15 is 0 Å². The molecule has 0 unspecified atom stereocenters. The fourth-order valence-electron chi connectivity index (χ4n) is 2.04. The second-order valence-electron chi connectivity index (χ2n) is 5.34. The Bertz CT molecular complexity index is 278. The molecule has 2 fully saturated rings. The molecule has 0 spiro atoms. The summed E-state index contributed by atoms with van der Waals surface area (Å²) in [4.78, 5) is 13.7. The van der Waals surface area contributed by atoms with Gasteiger partial charge in [-0.2, -0.15) is 0 Å². The first-order valence-corrected chi connectivity index (χ1v) is 6.77. The van der Waals surface area contributed by atoms with Crippen LogP contribution in [0.15, 0.2) is 0 Å². The lowest BCUT2D eigenvalue weighted by molar-refractivity contribution is 0.0148. The van der Waals surface area contributed by atoms with E-state index in [-0.39, 0.29) is 6.09 Å². The van der Waals surface area contributed by atoms with Crippen LogP contribution in [0, 0.1) is 0 Å². The molecule has 2 aliphatic rings. The number of hydrogen-bond donors (Lipinski definition) is 0. The van der Waals surface area contributed by atoms with Gasteiger partial charge in [0.05, 0.1) is 0 Å². The summed E-state index contributed by atoms with van der Waals surface area (Å²) >= 11 is 1.91. The molecule has 2 heterocycles. The molecule has 1 atom stereocenters. The van der Waals surface area contributed by atoms with Gasteiger partial charge in [0.1, 0.15) is 5.60 Å². The molecule has 0 aliphatic carbocycles. The number of hydrogen-bond acceptors (Lipinski definition) is 4. The van der Waals surface area contributed by atoms with Crippen molar-refractivity contribution in [1.82, 2.24) is 9.21 Å². The molecule has 2 aliphatic heterocycles. The highest BCUT2D eigenvalue weighted by molar-refractivity contribution is 7.97. The third-order valence-corrected chi connectivity index (χ3v) is 4.02. The van der Waals surface area contributed by atoms with Crippen LogP contribution in [-0.4, -0.2) is 52.3 Å². The lowest BCUT2D eigenvalue weighted by atomic mass is 10.1. The molecule has 0 aromatic rings. The minimum absolute atomic E-state index is 0.163. The molecule has 0 aromatic carbocycles. The molecule has 2 rings (SSSR count). The first-order valence-electron chi connectivity index (χ1n) is 5.83. The highest BCUT2D eigenvalue weighted by Crippen LogP contribution is 2.30. The van der Waals surface area contributed by atoms with Crippen molar-refractivity contribution in [3.63, 3.8) is 0 Å². The van der Waals surface area contributed by atoms with Crippen LogP contribution in [0.5, 0.6) is 0 Å². The summed E-state index contributed by atoms with van der Waals surface area (Å²) in [5.74, 6) is 1.19. The molecular weight excluding hydrogens is 224 g/mol. The van der Waals surface area contributed by atoms with E-state index in [0.717, 1.165) is 19.6 Å². The highest BCUT2D eigenvalue weighted by atomic mass is 32.2. The Morgan fingerprint density at radius 2 is 2.12 bits per heavy atom. The molecule has 1 amide bonds. The number of amides is 1. The molecule has 2 saturated heterocycles. The number of ether oxygens (including phenoxy) is 1. The number of rotatable bonds is 0. The fourth-order valence-corrected chi connectivity index (χ4v) is 3.25. The molecule has 92 valence electrons. The third-order valence-electron chi connectivity index (χ3n) is 2.79. The number of fused-ring (bicyclic) bond motifs is 1. The van der Waals surface area contributed by atoms with Gasteiger partial charge in [-0.3, -0.25) is 0 Å².